The molecule has 1 aromatic carbocycles. The van der Waals surface area contributed by atoms with Crippen LogP contribution in [0.15, 0.2) is 30.5 Å². The SMILES string of the molecule is Cc1ccccc1-n1ncc(C(=O)NCC2(O)CCCC2)c1C. The molecule has 1 saturated carbocycles. The zero-order chi connectivity index (χ0) is 16.4. The van der Waals surface area contributed by atoms with Crippen molar-refractivity contribution in [1.29, 1.82) is 0 Å². The van der Waals surface area contributed by atoms with Crippen LogP contribution in [0.25, 0.3) is 5.69 Å². The third-order valence-corrected chi connectivity index (χ3v) is 4.71. The van der Waals surface area contributed by atoms with Gasteiger partial charge in [0.25, 0.3) is 5.91 Å². The lowest BCUT2D eigenvalue weighted by atomic mass is 10.0. The van der Waals surface area contributed by atoms with E-state index in [-0.39, 0.29) is 5.91 Å². The zero-order valence-electron chi connectivity index (χ0n) is 13.7. The van der Waals surface area contributed by atoms with Crippen LogP contribution in [-0.2, 0) is 0 Å². The lowest BCUT2D eigenvalue weighted by Gasteiger charge is -2.22. The van der Waals surface area contributed by atoms with Crippen LogP contribution in [0.2, 0.25) is 0 Å². The average molecular weight is 313 g/mol. The van der Waals surface area contributed by atoms with Gasteiger partial charge in [-0.2, -0.15) is 5.10 Å². The minimum absolute atomic E-state index is 0.178. The first kappa shape index (κ1) is 15.7. The Balaban J connectivity index is 1.76. The maximum Gasteiger partial charge on any atom is 0.254 e. The molecule has 1 aromatic heterocycles. The minimum Gasteiger partial charge on any atom is -0.388 e. The molecular formula is C18H23N3O2. The van der Waals surface area contributed by atoms with E-state index < -0.39 is 5.60 Å². The Morgan fingerprint density at radius 2 is 2.00 bits per heavy atom. The molecule has 23 heavy (non-hydrogen) atoms. The van der Waals surface area contributed by atoms with Gasteiger partial charge in [0.05, 0.1) is 28.7 Å². The van der Waals surface area contributed by atoms with E-state index >= 15 is 0 Å². The third kappa shape index (κ3) is 3.15. The molecule has 1 aliphatic carbocycles. The smallest absolute Gasteiger partial charge is 0.254 e. The molecule has 0 bridgehead atoms. The van der Waals surface area contributed by atoms with Gasteiger partial charge in [-0.25, -0.2) is 4.68 Å². The van der Waals surface area contributed by atoms with E-state index in [0.717, 1.165) is 42.6 Å². The molecule has 2 aromatic rings. The molecule has 122 valence electrons. The number of para-hydroxylation sites is 1. The summed E-state index contributed by atoms with van der Waals surface area (Å²) in [6.07, 6.45) is 5.16. The predicted molar refractivity (Wildman–Crippen MR) is 88.8 cm³/mol. The van der Waals surface area contributed by atoms with Crippen molar-refractivity contribution >= 4 is 5.91 Å². The van der Waals surface area contributed by atoms with Crippen molar-refractivity contribution in [1.82, 2.24) is 15.1 Å². The number of benzene rings is 1. The van der Waals surface area contributed by atoms with E-state index in [1.165, 1.54) is 0 Å². The zero-order valence-corrected chi connectivity index (χ0v) is 13.7. The highest BCUT2D eigenvalue weighted by molar-refractivity contribution is 5.95. The number of aryl methyl sites for hydroxylation is 1. The summed E-state index contributed by atoms with van der Waals surface area (Å²) in [5.74, 6) is -0.178. The third-order valence-electron chi connectivity index (χ3n) is 4.71. The number of rotatable bonds is 4. The minimum atomic E-state index is -0.740. The topological polar surface area (TPSA) is 67.2 Å². The van der Waals surface area contributed by atoms with Gasteiger partial charge < -0.3 is 10.4 Å². The Morgan fingerprint density at radius 3 is 2.70 bits per heavy atom. The van der Waals surface area contributed by atoms with E-state index in [9.17, 15) is 9.90 Å². The van der Waals surface area contributed by atoms with Crippen LogP contribution in [-0.4, -0.2) is 32.9 Å². The van der Waals surface area contributed by atoms with E-state index in [1.54, 1.807) is 10.9 Å². The molecule has 5 heteroatoms. The van der Waals surface area contributed by atoms with Crippen molar-refractivity contribution in [2.24, 2.45) is 0 Å². The van der Waals surface area contributed by atoms with Crippen molar-refractivity contribution < 1.29 is 9.90 Å². The normalized spacial score (nSPS) is 16.5. The van der Waals surface area contributed by atoms with Gasteiger partial charge in [-0.3, -0.25) is 4.79 Å². The second kappa shape index (κ2) is 6.16. The molecule has 0 atom stereocenters. The predicted octanol–water partition coefficient (Wildman–Crippen LogP) is 2.52. The second-order valence-electron chi connectivity index (χ2n) is 6.46. The quantitative estimate of drug-likeness (QED) is 0.911. The number of hydrogen-bond donors (Lipinski definition) is 2. The molecular weight excluding hydrogens is 290 g/mol. The Hall–Kier alpha value is -2.14. The fourth-order valence-corrected chi connectivity index (χ4v) is 3.23. The van der Waals surface area contributed by atoms with Crippen molar-refractivity contribution in [2.75, 3.05) is 6.54 Å². The summed E-state index contributed by atoms with van der Waals surface area (Å²) in [5.41, 5.74) is 2.68. The van der Waals surface area contributed by atoms with Crippen molar-refractivity contribution in [3.8, 4) is 5.69 Å². The molecule has 0 radical (unpaired) electrons. The molecule has 2 N–H and O–H groups in total. The summed E-state index contributed by atoms with van der Waals surface area (Å²) in [6.45, 7) is 4.21. The first-order valence-corrected chi connectivity index (χ1v) is 8.11. The van der Waals surface area contributed by atoms with Crippen LogP contribution >= 0.6 is 0 Å². The molecule has 1 aliphatic rings. The highest BCUT2D eigenvalue weighted by Gasteiger charge is 2.31. The number of aliphatic hydroxyl groups is 1. The summed E-state index contributed by atoms with van der Waals surface area (Å²) >= 11 is 0. The Morgan fingerprint density at radius 1 is 1.30 bits per heavy atom. The standard InChI is InChI=1S/C18H23N3O2/c1-13-7-3-4-8-16(13)21-14(2)15(11-20-21)17(22)19-12-18(23)9-5-6-10-18/h3-4,7-8,11,23H,5-6,9-10,12H2,1-2H3,(H,19,22). The van der Waals surface area contributed by atoms with Crippen molar-refractivity contribution in [2.45, 2.75) is 45.1 Å². The monoisotopic (exact) mass is 313 g/mol. The van der Waals surface area contributed by atoms with Gasteiger partial charge in [-0.05, 0) is 38.3 Å². The van der Waals surface area contributed by atoms with Gasteiger partial charge in [0.1, 0.15) is 0 Å². The van der Waals surface area contributed by atoms with Crippen molar-refractivity contribution in [3.05, 3.63) is 47.3 Å². The van der Waals surface area contributed by atoms with Gasteiger partial charge in [0.15, 0.2) is 0 Å². The highest BCUT2D eigenvalue weighted by atomic mass is 16.3. The van der Waals surface area contributed by atoms with E-state index in [2.05, 4.69) is 10.4 Å². The molecule has 5 nitrogen and oxygen atoms in total. The number of hydrogen-bond acceptors (Lipinski definition) is 3. The molecule has 0 spiro atoms. The first-order valence-electron chi connectivity index (χ1n) is 8.11. The number of nitrogens with zero attached hydrogens (tertiary/aromatic N) is 2. The number of carbonyl (C=O) groups is 1. The summed E-state index contributed by atoms with van der Waals surface area (Å²) in [5, 5.41) is 17.6. The maximum absolute atomic E-state index is 12.4. The molecule has 0 aliphatic heterocycles. The number of aromatic nitrogens is 2. The highest BCUT2D eigenvalue weighted by Crippen LogP contribution is 2.28. The van der Waals surface area contributed by atoms with Gasteiger partial charge in [-0.15, -0.1) is 0 Å². The van der Waals surface area contributed by atoms with Crippen LogP contribution < -0.4 is 5.32 Å². The van der Waals surface area contributed by atoms with Crippen LogP contribution in [0.5, 0.6) is 0 Å². The van der Waals surface area contributed by atoms with E-state index in [1.807, 2.05) is 38.1 Å². The fraction of sp³-hybridized carbons (Fsp3) is 0.444. The summed E-state index contributed by atoms with van der Waals surface area (Å²) in [7, 11) is 0. The Labute approximate surface area is 136 Å². The Bertz CT molecular complexity index is 715. The van der Waals surface area contributed by atoms with Gasteiger partial charge in [0.2, 0.25) is 0 Å². The lowest BCUT2D eigenvalue weighted by Crippen LogP contribution is -2.40. The molecule has 1 heterocycles. The number of nitrogens with one attached hydrogen (secondary N) is 1. The van der Waals surface area contributed by atoms with Gasteiger partial charge >= 0.3 is 0 Å². The van der Waals surface area contributed by atoms with Crippen LogP contribution in [0.1, 0.15) is 47.3 Å². The van der Waals surface area contributed by atoms with Gasteiger partial charge in [0, 0.05) is 6.54 Å². The average Bonchev–Trinajstić information content (AvgIpc) is 3.13. The first-order chi connectivity index (χ1) is 11.0. The van der Waals surface area contributed by atoms with E-state index in [4.69, 9.17) is 0 Å². The molecule has 0 saturated heterocycles. The van der Waals surface area contributed by atoms with E-state index in [0.29, 0.717) is 12.1 Å². The van der Waals surface area contributed by atoms with Crippen LogP contribution in [0.4, 0.5) is 0 Å². The summed E-state index contributed by atoms with van der Waals surface area (Å²) < 4.78 is 1.79. The second-order valence-corrected chi connectivity index (χ2v) is 6.46. The maximum atomic E-state index is 12.4. The summed E-state index contributed by atoms with van der Waals surface area (Å²) in [4.78, 5) is 12.4. The number of carbonyl (C=O) groups excluding carboxylic acids is 1. The molecule has 1 amide bonds. The number of amides is 1. The largest absolute Gasteiger partial charge is 0.388 e. The van der Waals surface area contributed by atoms with Crippen LogP contribution in [0, 0.1) is 13.8 Å². The van der Waals surface area contributed by atoms with Crippen LogP contribution in [0.3, 0.4) is 0 Å². The van der Waals surface area contributed by atoms with Crippen molar-refractivity contribution in [3.63, 3.8) is 0 Å². The summed E-state index contributed by atoms with van der Waals surface area (Å²) in [6, 6.07) is 7.94. The molecule has 3 rings (SSSR count). The van der Waals surface area contributed by atoms with Gasteiger partial charge in [-0.1, -0.05) is 31.0 Å². The molecule has 0 unspecified atom stereocenters. The molecule has 1 fully saturated rings. The lowest BCUT2D eigenvalue weighted by molar-refractivity contribution is 0.0449. The fourth-order valence-electron chi connectivity index (χ4n) is 3.23. The Kier molecular flexibility index (Phi) is 4.22.